The predicted octanol–water partition coefficient (Wildman–Crippen LogP) is 1.15. The maximum absolute atomic E-state index is 11.2. The number of carbonyl (C=O) groups excluding carboxylic acids is 1. The fourth-order valence-corrected chi connectivity index (χ4v) is 1.75. The molecule has 3 N–H and O–H groups in total. The zero-order valence-corrected chi connectivity index (χ0v) is 11.6. The minimum Gasteiger partial charge on any atom is -0.466 e. The van der Waals surface area contributed by atoms with Crippen molar-refractivity contribution in [3.63, 3.8) is 0 Å². The molecule has 0 aliphatic carbocycles. The van der Waals surface area contributed by atoms with Crippen molar-refractivity contribution in [3.8, 4) is 0 Å². The van der Waals surface area contributed by atoms with Crippen LogP contribution in [0.15, 0.2) is 6.33 Å². The molecule has 0 amide bonds. The summed E-state index contributed by atoms with van der Waals surface area (Å²) in [7, 11) is 1.75. The SMILES string of the molecule is CCOC(=O)CCCNc1nc(NC)nc2nc[nH]c12. The third-order valence-corrected chi connectivity index (χ3v) is 2.66. The van der Waals surface area contributed by atoms with Gasteiger partial charge in [-0.15, -0.1) is 0 Å². The quantitative estimate of drug-likeness (QED) is 0.515. The second-order valence-corrected chi connectivity index (χ2v) is 4.08. The number of hydrogen-bond donors (Lipinski definition) is 3. The van der Waals surface area contributed by atoms with E-state index in [1.165, 1.54) is 0 Å². The molecule has 20 heavy (non-hydrogen) atoms. The largest absolute Gasteiger partial charge is 0.466 e. The molecule has 0 spiro atoms. The van der Waals surface area contributed by atoms with Gasteiger partial charge in [0.1, 0.15) is 5.52 Å². The molecule has 108 valence electrons. The predicted molar refractivity (Wildman–Crippen MR) is 75.6 cm³/mol. The Kier molecular flexibility index (Phi) is 4.70. The van der Waals surface area contributed by atoms with Crippen LogP contribution < -0.4 is 10.6 Å². The number of ether oxygens (including phenoxy) is 1. The molecule has 0 bridgehead atoms. The molecule has 0 radical (unpaired) electrons. The normalized spacial score (nSPS) is 10.5. The van der Waals surface area contributed by atoms with Gasteiger partial charge < -0.3 is 20.4 Å². The van der Waals surface area contributed by atoms with Gasteiger partial charge in [-0.3, -0.25) is 4.79 Å². The number of imidazole rings is 1. The van der Waals surface area contributed by atoms with Gasteiger partial charge in [-0.2, -0.15) is 9.97 Å². The van der Waals surface area contributed by atoms with Crippen molar-refractivity contribution in [3.05, 3.63) is 6.33 Å². The van der Waals surface area contributed by atoms with E-state index in [9.17, 15) is 4.79 Å². The first-order chi connectivity index (χ1) is 9.74. The van der Waals surface area contributed by atoms with E-state index in [2.05, 4.69) is 30.6 Å². The van der Waals surface area contributed by atoms with E-state index in [0.29, 0.717) is 43.4 Å². The lowest BCUT2D eigenvalue weighted by Crippen LogP contribution is -2.10. The van der Waals surface area contributed by atoms with Crippen LogP contribution in [0.2, 0.25) is 0 Å². The van der Waals surface area contributed by atoms with E-state index in [0.717, 1.165) is 5.52 Å². The van der Waals surface area contributed by atoms with Gasteiger partial charge in [0.25, 0.3) is 0 Å². The molecule has 2 aromatic rings. The Morgan fingerprint density at radius 1 is 1.45 bits per heavy atom. The van der Waals surface area contributed by atoms with Crippen LogP contribution >= 0.6 is 0 Å². The van der Waals surface area contributed by atoms with Crippen molar-refractivity contribution in [2.75, 3.05) is 30.8 Å². The first-order valence-corrected chi connectivity index (χ1v) is 6.53. The Balaban J connectivity index is 1.95. The van der Waals surface area contributed by atoms with Crippen molar-refractivity contribution in [1.82, 2.24) is 19.9 Å². The molecule has 0 aliphatic rings. The number of nitrogens with one attached hydrogen (secondary N) is 3. The van der Waals surface area contributed by atoms with Gasteiger partial charge in [-0.1, -0.05) is 0 Å². The summed E-state index contributed by atoms with van der Waals surface area (Å²) >= 11 is 0. The molecule has 2 heterocycles. The molecular weight excluding hydrogens is 260 g/mol. The van der Waals surface area contributed by atoms with Crippen LogP contribution in [-0.4, -0.2) is 46.1 Å². The maximum Gasteiger partial charge on any atom is 0.305 e. The molecule has 8 heteroatoms. The highest BCUT2D eigenvalue weighted by atomic mass is 16.5. The summed E-state index contributed by atoms with van der Waals surface area (Å²) in [5.74, 6) is 0.984. The molecule has 0 aromatic carbocycles. The number of fused-ring (bicyclic) bond motifs is 1. The van der Waals surface area contributed by atoms with Crippen LogP contribution in [0, 0.1) is 0 Å². The van der Waals surface area contributed by atoms with E-state index in [1.54, 1.807) is 20.3 Å². The number of aromatic amines is 1. The van der Waals surface area contributed by atoms with Crippen molar-refractivity contribution in [2.45, 2.75) is 19.8 Å². The Labute approximate surface area is 116 Å². The number of nitrogens with zero attached hydrogens (tertiary/aromatic N) is 3. The lowest BCUT2D eigenvalue weighted by Gasteiger charge is -2.07. The van der Waals surface area contributed by atoms with Crippen LogP contribution in [0.5, 0.6) is 0 Å². The van der Waals surface area contributed by atoms with Gasteiger partial charge in [0.05, 0.1) is 12.9 Å². The van der Waals surface area contributed by atoms with Crippen LogP contribution in [0.4, 0.5) is 11.8 Å². The summed E-state index contributed by atoms with van der Waals surface area (Å²) in [5.41, 5.74) is 1.34. The number of aromatic nitrogens is 4. The van der Waals surface area contributed by atoms with E-state index in [-0.39, 0.29) is 5.97 Å². The summed E-state index contributed by atoms with van der Waals surface area (Å²) in [5, 5.41) is 6.06. The third kappa shape index (κ3) is 3.34. The first kappa shape index (κ1) is 14.0. The number of anilines is 2. The fourth-order valence-electron chi connectivity index (χ4n) is 1.75. The molecule has 0 unspecified atom stereocenters. The first-order valence-electron chi connectivity index (χ1n) is 6.53. The zero-order valence-electron chi connectivity index (χ0n) is 11.6. The Hall–Kier alpha value is -2.38. The van der Waals surface area contributed by atoms with Gasteiger partial charge >= 0.3 is 5.97 Å². The summed E-state index contributed by atoms with van der Waals surface area (Å²) in [4.78, 5) is 26.9. The van der Waals surface area contributed by atoms with E-state index in [1.807, 2.05) is 0 Å². The van der Waals surface area contributed by atoms with Crippen molar-refractivity contribution < 1.29 is 9.53 Å². The van der Waals surface area contributed by atoms with Crippen molar-refractivity contribution in [1.29, 1.82) is 0 Å². The van der Waals surface area contributed by atoms with E-state index < -0.39 is 0 Å². The molecule has 2 aromatic heterocycles. The number of H-pyrrole nitrogens is 1. The highest BCUT2D eigenvalue weighted by Gasteiger charge is 2.09. The van der Waals surface area contributed by atoms with Crippen LogP contribution in [0.25, 0.3) is 11.2 Å². The number of carbonyl (C=O) groups is 1. The Morgan fingerprint density at radius 3 is 3.05 bits per heavy atom. The molecule has 2 rings (SSSR count). The van der Waals surface area contributed by atoms with Gasteiger partial charge in [0, 0.05) is 20.0 Å². The lowest BCUT2D eigenvalue weighted by molar-refractivity contribution is -0.143. The average molecular weight is 278 g/mol. The van der Waals surface area contributed by atoms with E-state index >= 15 is 0 Å². The Bertz CT molecular complexity index is 582. The molecule has 0 fully saturated rings. The van der Waals surface area contributed by atoms with Crippen LogP contribution in [0.3, 0.4) is 0 Å². The van der Waals surface area contributed by atoms with Gasteiger partial charge in [-0.05, 0) is 13.3 Å². The topological polar surface area (TPSA) is 105 Å². The highest BCUT2D eigenvalue weighted by molar-refractivity contribution is 5.83. The van der Waals surface area contributed by atoms with Crippen LogP contribution in [0.1, 0.15) is 19.8 Å². The maximum atomic E-state index is 11.2. The van der Waals surface area contributed by atoms with Gasteiger partial charge in [0.15, 0.2) is 11.5 Å². The van der Waals surface area contributed by atoms with Crippen molar-refractivity contribution >= 4 is 28.9 Å². The standard InChI is InChI=1S/C12H18N6O2/c1-3-20-8(19)5-4-6-14-10-9-11(16-7-15-9)18-12(13-2)17-10/h7H,3-6H2,1-2H3,(H3,13,14,15,16,17,18). The summed E-state index contributed by atoms with van der Waals surface area (Å²) < 4.78 is 4.87. The second kappa shape index (κ2) is 6.69. The molecule has 0 aliphatic heterocycles. The van der Waals surface area contributed by atoms with Gasteiger partial charge in [0.2, 0.25) is 5.95 Å². The minimum absolute atomic E-state index is 0.181. The minimum atomic E-state index is -0.181. The molecule has 0 atom stereocenters. The second-order valence-electron chi connectivity index (χ2n) is 4.08. The summed E-state index contributed by atoms with van der Waals surface area (Å²) in [6.07, 6.45) is 2.63. The molecule has 0 saturated heterocycles. The summed E-state index contributed by atoms with van der Waals surface area (Å²) in [6.45, 7) is 2.83. The lowest BCUT2D eigenvalue weighted by atomic mass is 10.3. The van der Waals surface area contributed by atoms with Gasteiger partial charge in [-0.25, -0.2) is 4.98 Å². The summed E-state index contributed by atoms with van der Waals surface area (Å²) in [6, 6.07) is 0. The van der Waals surface area contributed by atoms with Crippen LogP contribution in [-0.2, 0) is 9.53 Å². The monoisotopic (exact) mass is 278 g/mol. The van der Waals surface area contributed by atoms with E-state index in [4.69, 9.17) is 4.74 Å². The molecule has 8 nitrogen and oxygen atoms in total. The zero-order chi connectivity index (χ0) is 14.4. The van der Waals surface area contributed by atoms with Crippen molar-refractivity contribution in [2.24, 2.45) is 0 Å². The molecule has 0 saturated carbocycles. The number of rotatable bonds is 7. The third-order valence-electron chi connectivity index (χ3n) is 2.66. The fraction of sp³-hybridized carbons (Fsp3) is 0.500. The number of hydrogen-bond acceptors (Lipinski definition) is 7. The average Bonchev–Trinajstić information content (AvgIpc) is 2.91. The smallest absolute Gasteiger partial charge is 0.305 e. The number of esters is 1. The Morgan fingerprint density at radius 2 is 2.30 bits per heavy atom. The molecular formula is C12H18N6O2. The highest BCUT2D eigenvalue weighted by Crippen LogP contribution is 2.18.